The SMILES string of the molecule is CN(c1ccccc1)[C@@]1(C#N)C[C@H]2C=C[C@@H]1CC2. The summed E-state index contributed by atoms with van der Waals surface area (Å²) in [5, 5.41) is 9.77. The van der Waals surface area contributed by atoms with E-state index in [4.69, 9.17) is 0 Å². The Morgan fingerprint density at radius 1 is 1.22 bits per heavy atom. The van der Waals surface area contributed by atoms with Crippen molar-refractivity contribution in [2.75, 3.05) is 11.9 Å². The van der Waals surface area contributed by atoms with Crippen LogP contribution in [0.25, 0.3) is 0 Å². The van der Waals surface area contributed by atoms with Crippen LogP contribution in [0, 0.1) is 23.2 Å². The average Bonchev–Trinajstić information content (AvgIpc) is 2.48. The zero-order valence-electron chi connectivity index (χ0n) is 10.7. The molecule has 92 valence electrons. The molecule has 2 heteroatoms. The van der Waals surface area contributed by atoms with Crippen LogP contribution >= 0.6 is 0 Å². The maximum Gasteiger partial charge on any atom is 0.134 e. The highest BCUT2D eigenvalue weighted by atomic mass is 15.2. The Balaban J connectivity index is 1.99. The molecule has 0 unspecified atom stereocenters. The summed E-state index contributed by atoms with van der Waals surface area (Å²) in [6.45, 7) is 0. The molecule has 4 rings (SSSR count). The second-order valence-corrected chi connectivity index (χ2v) is 5.46. The largest absolute Gasteiger partial charge is 0.356 e. The minimum atomic E-state index is -0.348. The smallest absolute Gasteiger partial charge is 0.134 e. The van der Waals surface area contributed by atoms with Gasteiger partial charge in [0, 0.05) is 18.7 Å². The number of benzene rings is 1. The van der Waals surface area contributed by atoms with E-state index in [2.05, 4.69) is 42.3 Å². The number of hydrogen-bond donors (Lipinski definition) is 0. The summed E-state index contributed by atoms with van der Waals surface area (Å²) in [4.78, 5) is 2.19. The fraction of sp³-hybridized carbons (Fsp3) is 0.438. The third kappa shape index (κ3) is 1.54. The van der Waals surface area contributed by atoms with Crippen molar-refractivity contribution in [3.8, 4) is 6.07 Å². The van der Waals surface area contributed by atoms with Crippen molar-refractivity contribution in [3.63, 3.8) is 0 Å². The van der Waals surface area contributed by atoms with E-state index in [1.807, 2.05) is 18.2 Å². The van der Waals surface area contributed by atoms with E-state index in [1.54, 1.807) is 0 Å². The quantitative estimate of drug-likeness (QED) is 0.739. The predicted octanol–water partition coefficient (Wildman–Crippen LogP) is 3.37. The van der Waals surface area contributed by atoms with Crippen molar-refractivity contribution in [3.05, 3.63) is 42.5 Å². The third-order valence-electron chi connectivity index (χ3n) is 4.59. The number of nitriles is 1. The van der Waals surface area contributed by atoms with Crippen LogP contribution in [-0.2, 0) is 0 Å². The van der Waals surface area contributed by atoms with Crippen LogP contribution in [0.1, 0.15) is 19.3 Å². The number of nitrogens with zero attached hydrogens (tertiary/aromatic N) is 2. The number of anilines is 1. The molecule has 2 nitrogen and oxygen atoms in total. The van der Waals surface area contributed by atoms with Crippen LogP contribution in [-0.4, -0.2) is 12.6 Å². The van der Waals surface area contributed by atoms with Gasteiger partial charge in [0.2, 0.25) is 0 Å². The summed E-state index contributed by atoms with van der Waals surface area (Å²) in [7, 11) is 2.06. The molecule has 0 heterocycles. The Kier molecular flexibility index (Phi) is 2.63. The molecule has 3 atom stereocenters. The van der Waals surface area contributed by atoms with E-state index in [0.717, 1.165) is 18.5 Å². The van der Waals surface area contributed by atoms with E-state index in [1.165, 1.54) is 6.42 Å². The Morgan fingerprint density at radius 2 is 2.00 bits per heavy atom. The highest BCUT2D eigenvalue weighted by molar-refractivity contribution is 5.52. The standard InChI is InChI=1S/C16H18N2/c1-18(15-5-3-2-4-6-15)16(12-17)11-13-7-9-14(16)10-8-13/h2-7,9,13-14H,8,10-11H2,1H3/t13-,14+,16+/m0/s1. The molecule has 1 aromatic rings. The average molecular weight is 238 g/mol. The maximum absolute atomic E-state index is 9.77. The van der Waals surface area contributed by atoms with E-state index in [0.29, 0.717) is 11.8 Å². The molecule has 0 saturated heterocycles. The molecule has 2 bridgehead atoms. The zero-order chi connectivity index (χ0) is 12.6. The van der Waals surface area contributed by atoms with Crippen molar-refractivity contribution in [1.29, 1.82) is 5.26 Å². The van der Waals surface area contributed by atoms with Crippen LogP contribution in [0.3, 0.4) is 0 Å². The summed E-state index contributed by atoms with van der Waals surface area (Å²) in [6, 6.07) is 12.9. The number of para-hydroxylation sites is 1. The van der Waals surface area contributed by atoms with Crippen molar-refractivity contribution in [2.45, 2.75) is 24.8 Å². The lowest BCUT2D eigenvalue weighted by Crippen LogP contribution is -2.55. The normalized spacial score (nSPS) is 33.1. The summed E-state index contributed by atoms with van der Waals surface area (Å²) >= 11 is 0. The van der Waals surface area contributed by atoms with Gasteiger partial charge in [-0.25, -0.2) is 0 Å². The van der Waals surface area contributed by atoms with Gasteiger partial charge >= 0.3 is 0 Å². The first-order chi connectivity index (χ1) is 8.76. The Morgan fingerprint density at radius 3 is 2.50 bits per heavy atom. The van der Waals surface area contributed by atoms with E-state index >= 15 is 0 Å². The van der Waals surface area contributed by atoms with Gasteiger partial charge in [0.25, 0.3) is 0 Å². The van der Waals surface area contributed by atoms with Crippen molar-refractivity contribution in [1.82, 2.24) is 0 Å². The van der Waals surface area contributed by atoms with Crippen molar-refractivity contribution in [2.24, 2.45) is 11.8 Å². The summed E-state index contributed by atoms with van der Waals surface area (Å²) < 4.78 is 0. The van der Waals surface area contributed by atoms with Gasteiger partial charge in [0.15, 0.2) is 0 Å². The monoisotopic (exact) mass is 238 g/mol. The molecule has 0 amide bonds. The van der Waals surface area contributed by atoms with Gasteiger partial charge in [0.1, 0.15) is 5.54 Å². The summed E-state index contributed by atoms with van der Waals surface area (Å²) in [5.41, 5.74) is 0.791. The molecule has 0 aliphatic heterocycles. The van der Waals surface area contributed by atoms with Crippen LogP contribution in [0.2, 0.25) is 0 Å². The molecule has 0 radical (unpaired) electrons. The highest BCUT2D eigenvalue weighted by Crippen LogP contribution is 2.46. The lowest BCUT2D eigenvalue weighted by Gasteiger charge is -2.49. The first kappa shape index (κ1) is 11.3. The van der Waals surface area contributed by atoms with Gasteiger partial charge in [-0.05, 0) is 37.3 Å². The van der Waals surface area contributed by atoms with Crippen LogP contribution in [0.4, 0.5) is 5.69 Å². The fourth-order valence-corrected chi connectivity index (χ4v) is 3.47. The van der Waals surface area contributed by atoms with Gasteiger partial charge in [0.05, 0.1) is 6.07 Å². The topological polar surface area (TPSA) is 27.0 Å². The molecule has 18 heavy (non-hydrogen) atoms. The zero-order valence-corrected chi connectivity index (χ0v) is 10.7. The lowest BCUT2D eigenvalue weighted by atomic mass is 9.64. The maximum atomic E-state index is 9.77. The minimum Gasteiger partial charge on any atom is -0.356 e. The molecule has 3 aliphatic rings. The first-order valence-electron chi connectivity index (χ1n) is 6.65. The highest BCUT2D eigenvalue weighted by Gasteiger charge is 2.48. The van der Waals surface area contributed by atoms with Crippen LogP contribution in [0.5, 0.6) is 0 Å². The minimum absolute atomic E-state index is 0.348. The predicted molar refractivity (Wildman–Crippen MR) is 73.2 cm³/mol. The Bertz CT molecular complexity index is 500. The molecule has 0 N–H and O–H groups in total. The molecular formula is C16H18N2. The number of rotatable bonds is 2. The summed E-state index contributed by atoms with van der Waals surface area (Å²) in [5.74, 6) is 0.957. The van der Waals surface area contributed by atoms with Crippen LogP contribution < -0.4 is 4.90 Å². The van der Waals surface area contributed by atoms with E-state index < -0.39 is 0 Å². The lowest BCUT2D eigenvalue weighted by molar-refractivity contribution is 0.221. The number of hydrogen-bond acceptors (Lipinski definition) is 2. The summed E-state index contributed by atoms with van der Waals surface area (Å²) in [6.07, 6.45) is 7.93. The molecule has 1 saturated carbocycles. The fourth-order valence-electron chi connectivity index (χ4n) is 3.47. The van der Waals surface area contributed by atoms with Crippen LogP contribution in [0.15, 0.2) is 42.5 Å². The number of fused-ring (bicyclic) bond motifs is 2. The van der Waals surface area contributed by atoms with Gasteiger partial charge in [-0.3, -0.25) is 0 Å². The van der Waals surface area contributed by atoms with Crippen molar-refractivity contribution < 1.29 is 0 Å². The molecule has 0 spiro atoms. The molecule has 1 fully saturated rings. The number of allylic oxidation sites excluding steroid dienone is 1. The van der Waals surface area contributed by atoms with Gasteiger partial charge in [-0.2, -0.15) is 5.26 Å². The van der Waals surface area contributed by atoms with Gasteiger partial charge < -0.3 is 4.90 Å². The third-order valence-corrected chi connectivity index (χ3v) is 4.59. The second-order valence-electron chi connectivity index (χ2n) is 5.46. The van der Waals surface area contributed by atoms with Crippen molar-refractivity contribution >= 4 is 5.69 Å². The Labute approximate surface area is 109 Å². The molecule has 0 aromatic heterocycles. The van der Waals surface area contributed by atoms with Gasteiger partial charge in [-0.1, -0.05) is 30.4 Å². The molecular weight excluding hydrogens is 220 g/mol. The Hall–Kier alpha value is -1.75. The molecule has 3 aliphatic carbocycles. The second kappa shape index (κ2) is 4.17. The van der Waals surface area contributed by atoms with E-state index in [-0.39, 0.29) is 5.54 Å². The van der Waals surface area contributed by atoms with E-state index in [9.17, 15) is 5.26 Å². The molecule has 1 aromatic carbocycles. The first-order valence-corrected chi connectivity index (χ1v) is 6.65. The van der Waals surface area contributed by atoms with Gasteiger partial charge in [-0.15, -0.1) is 0 Å².